The Morgan fingerprint density at radius 1 is 1.00 bits per heavy atom. The van der Waals surface area contributed by atoms with E-state index in [-0.39, 0.29) is 12.5 Å². The second-order valence-electron chi connectivity index (χ2n) is 5.29. The minimum atomic E-state index is -0.255. The molecular formula is C20H18N2O3. The maximum atomic E-state index is 12.1. The molecule has 0 saturated heterocycles. The maximum Gasteiger partial charge on any atom is 0.262 e. The monoisotopic (exact) mass is 334 g/mol. The summed E-state index contributed by atoms with van der Waals surface area (Å²) in [5.41, 5.74) is 2.57. The lowest BCUT2D eigenvalue weighted by Crippen LogP contribution is -2.20. The van der Waals surface area contributed by atoms with Crippen LogP contribution < -0.4 is 14.8 Å². The Labute approximate surface area is 146 Å². The molecule has 0 aliphatic carbocycles. The molecule has 3 aromatic rings. The number of carbonyl (C=O) groups is 1. The van der Waals surface area contributed by atoms with Crippen molar-refractivity contribution in [2.75, 3.05) is 19.0 Å². The van der Waals surface area contributed by atoms with Gasteiger partial charge in [-0.15, -0.1) is 0 Å². The van der Waals surface area contributed by atoms with E-state index in [0.717, 1.165) is 11.1 Å². The van der Waals surface area contributed by atoms with E-state index < -0.39 is 0 Å². The van der Waals surface area contributed by atoms with E-state index in [1.165, 1.54) is 6.20 Å². The molecule has 5 heteroatoms. The van der Waals surface area contributed by atoms with E-state index in [1.54, 1.807) is 19.2 Å². The van der Waals surface area contributed by atoms with Gasteiger partial charge in [0.15, 0.2) is 6.61 Å². The second-order valence-corrected chi connectivity index (χ2v) is 5.29. The molecule has 0 atom stereocenters. The first-order valence-electron chi connectivity index (χ1n) is 7.83. The van der Waals surface area contributed by atoms with Crippen molar-refractivity contribution in [1.82, 2.24) is 4.98 Å². The summed E-state index contributed by atoms with van der Waals surface area (Å²) in [5, 5.41) is 2.74. The number of benzene rings is 2. The third-order valence-corrected chi connectivity index (χ3v) is 3.56. The number of aromatic nitrogens is 1. The lowest BCUT2D eigenvalue weighted by Gasteiger charge is -2.12. The summed E-state index contributed by atoms with van der Waals surface area (Å²) in [6.45, 7) is -0.0874. The average molecular weight is 334 g/mol. The lowest BCUT2D eigenvalue weighted by molar-refractivity contribution is -0.118. The number of methoxy groups -OCH3 is 1. The van der Waals surface area contributed by atoms with Crippen molar-refractivity contribution in [3.8, 4) is 22.8 Å². The van der Waals surface area contributed by atoms with Gasteiger partial charge in [-0.2, -0.15) is 0 Å². The van der Waals surface area contributed by atoms with Crippen LogP contribution in [0.25, 0.3) is 11.1 Å². The van der Waals surface area contributed by atoms with E-state index in [2.05, 4.69) is 10.3 Å². The Hall–Kier alpha value is -3.34. The van der Waals surface area contributed by atoms with Gasteiger partial charge in [-0.3, -0.25) is 4.79 Å². The van der Waals surface area contributed by atoms with Crippen molar-refractivity contribution in [2.45, 2.75) is 0 Å². The van der Waals surface area contributed by atoms with Gasteiger partial charge in [0.2, 0.25) is 5.88 Å². The molecule has 0 aliphatic heterocycles. The summed E-state index contributed by atoms with van der Waals surface area (Å²) in [4.78, 5) is 16.1. The zero-order valence-corrected chi connectivity index (χ0v) is 13.8. The highest BCUT2D eigenvalue weighted by molar-refractivity contribution is 5.91. The normalized spacial score (nSPS) is 10.1. The number of carbonyl (C=O) groups excluding carboxylic acids is 1. The standard InChI is InChI=1S/C20H18N2O3/c1-24-20-12-11-16(13-21-20)22-19(23)14-25-18-10-6-5-9-17(18)15-7-3-2-4-8-15/h2-13H,14H2,1H3,(H,22,23). The first-order chi connectivity index (χ1) is 12.3. The number of nitrogens with zero attached hydrogens (tertiary/aromatic N) is 1. The highest BCUT2D eigenvalue weighted by Gasteiger charge is 2.08. The van der Waals surface area contributed by atoms with Crippen LogP contribution in [0.1, 0.15) is 0 Å². The summed E-state index contributed by atoms with van der Waals surface area (Å²) in [7, 11) is 1.54. The first kappa shape index (κ1) is 16.5. The Kier molecular flexibility index (Phi) is 5.26. The van der Waals surface area contributed by atoms with Crippen LogP contribution in [0, 0.1) is 0 Å². The van der Waals surface area contributed by atoms with Crippen molar-refractivity contribution in [1.29, 1.82) is 0 Å². The molecule has 0 fully saturated rings. The van der Waals surface area contributed by atoms with Crippen molar-refractivity contribution < 1.29 is 14.3 Å². The molecule has 1 heterocycles. The quantitative estimate of drug-likeness (QED) is 0.745. The van der Waals surface area contributed by atoms with Crippen molar-refractivity contribution in [3.63, 3.8) is 0 Å². The topological polar surface area (TPSA) is 60.5 Å². The molecule has 25 heavy (non-hydrogen) atoms. The van der Waals surface area contributed by atoms with Crippen LogP contribution in [-0.4, -0.2) is 24.6 Å². The average Bonchev–Trinajstić information content (AvgIpc) is 2.68. The summed E-state index contributed by atoms with van der Waals surface area (Å²) in [5.74, 6) is 0.901. The molecule has 0 aliphatic rings. The Morgan fingerprint density at radius 3 is 2.48 bits per heavy atom. The van der Waals surface area contributed by atoms with E-state index >= 15 is 0 Å². The number of pyridine rings is 1. The van der Waals surface area contributed by atoms with Crippen LogP contribution in [-0.2, 0) is 4.79 Å². The number of amides is 1. The van der Waals surface area contributed by atoms with Crippen molar-refractivity contribution in [3.05, 3.63) is 72.9 Å². The molecule has 126 valence electrons. The molecule has 0 bridgehead atoms. The lowest BCUT2D eigenvalue weighted by atomic mass is 10.1. The number of nitrogens with one attached hydrogen (secondary N) is 1. The molecule has 0 saturated carbocycles. The molecule has 3 rings (SSSR count). The molecule has 0 spiro atoms. The predicted molar refractivity (Wildman–Crippen MR) is 96.8 cm³/mol. The van der Waals surface area contributed by atoms with E-state index in [9.17, 15) is 4.79 Å². The van der Waals surface area contributed by atoms with Crippen LogP contribution in [0.15, 0.2) is 72.9 Å². The molecule has 0 radical (unpaired) electrons. The number of rotatable bonds is 6. The third-order valence-electron chi connectivity index (χ3n) is 3.56. The van der Waals surface area contributed by atoms with Crippen LogP contribution in [0.3, 0.4) is 0 Å². The van der Waals surface area contributed by atoms with Gasteiger partial charge in [-0.25, -0.2) is 4.98 Å². The highest BCUT2D eigenvalue weighted by atomic mass is 16.5. The molecule has 1 aromatic heterocycles. The minimum absolute atomic E-state index is 0.0874. The van der Waals surface area contributed by atoms with Gasteiger partial charge >= 0.3 is 0 Å². The predicted octanol–water partition coefficient (Wildman–Crippen LogP) is 3.77. The van der Waals surface area contributed by atoms with Gasteiger partial charge in [-0.1, -0.05) is 48.5 Å². The summed E-state index contributed by atoms with van der Waals surface area (Å²) < 4.78 is 10.7. The fourth-order valence-electron chi connectivity index (χ4n) is 2.36. The molecule has 1 amide bonds. The number of anilines is 1. The maximum absolute atomic E-state index is 12.1. The van der Waals surface area contributed by atoms with Gasteiger partial charge in [0.05, 0.1) is 19.0 Å². The Balaban J connectivity index is 1.64. The van der Waals surface area contributed by atoms with Crippen LogP contribution in [0.5, 0.6) is 11.6 Å². The van der Waals surface area contributed by atoms with Gasteiger partial charge in [-0.05, 0) is 17.7 Å². The van der Waals surface area contributed by atoms with Crippen molar-refractivity contribution in [2.24, 2.45) is 0 Å². The first-order valence-corrected chi connectivity index (χ1v) is 7.83. The number of hydrogen-bond acceptors (Lipinski definition) is 4. The fourth-order valence-corrected chi connectivity index (χ4v) is 2.36. The molecule has 0 unspecified atom stereocenters. The SMILES string of the molecule is COc1ccc(NC(=O)COc2ccccc2-c2ccccc2)cn1. The van der Waals surface area contributed by atoms with Crippen molar-refractivity contribution >= 4 is 11.6 Å². The molecule has 1 N–H and O–H groups in total. The third kappa shape index (κ3) is 4.35. The minimum Gasteiger partial charge on any atom is -0.483 e. The summed E-state index contributed by atoms with van der Waals surface area (Å²) >= 11 is 0. The molecule has 5 nitrogen and oxygen atoms in total. The van der Waals surface area contributed by atoms with Crippen LogP contribution in [0.2, 0.25) is 0 Å². The second kappa shape index (κ2) is 7.97. The van der Waals surface area contributed by atoms with E-state index in [0.29, 0.717) is 17.3 Å². The van der Waals surface area contributed by atoms with Crippen LogP contribution in [0.4, 0.5) is 5.69 Å². The fraction of sp³-hybridized carbons (Fsp3) is 0.100. The van der Waals surface area contributed by atoms with Gasteiger partial charge in [0, 0.05) is 11.6 Å². The zero-order chi connectivity index (χ0) is 17.5. The van der Waals surface area contributed by atoms with Gasteiger partial charge in [0.1, 0.15) is 5.75 Å². The van der Waals surface area contributed by atoms with E-state index in [1.807, 2.05) is 54.6 Å². The molecule has 2 aromatic carbocycles. The number of ether oxygens (including phenoxy) is 2. The number of para-hydroxylation sites is 1. The number of hydrogen-bond donors (Lipinski definition) is 1. The zero-order valence-electron chi connectivity index (χ0n) is 13.8. The smallest absolute Gasteiger partial charge is 0.262 e. The van der Waals surface area contributed by atoms with E-state index in [4.69, 9.17) is 9.47 Å². The van der Waals surface area contributed by atoms with Gasteiger partial charge in [0.25, 0.3) is 5.91 Å². The summed E-state index contributed by atoms with van der Waals surface area (Å²) in [6, 6.07) is 21.0. The Morgan fingerprint density at radius 2 is 1.76 bits per heavy atom. The highest BCUT2D eigenvalue weighted by Crippen LogP contribution is 2.29. The summed E-state index contributed by atoms with van der Waals surface area (Å²) in [6.07, 6.45) is 1.54. The Bertz CT molecular complexity index is 833. The molecular weight excluding hydrogens is 316 g/mol. The van der Waals surface area contributed by atoms with Gasteiger partial charge < -0.3 is 14.8 Å². The largest absolute Gasteiger partial charge is 0.483 e. The van der Waals surface area contributed by atoms with Crippen LogP contribution >= 0.6 is 0 Å².